The van der Waals surface area contributed by atoms with E-state index in [2.05, 4.69) is 5.32 Å². The molecule has 0 saturated carbocycles. The minimum absolute atomic E-state index is 0.0337. The van der Waals surface area contributed by atoms with Crippen molar-refractivity contribution in [3.8, 4) is 0 Å². The summed E-state index contributed by atoms with van der Waals surface area (Å²) in [6.45, 7) is 4.62. The molecule has 114 valence electrons. The van der Waals surface area contributed by atoms with E-state index >= 15 is 0 Å². The first-order valence-corrected chi connectivity index (χ1v) is 7.94. The van der Waals surface area contributed by atoms with E-state index < -0.39 is 6.10 Å². The van der Waals surface area contributed by atoms with Crippen LogP contribution >= 0.6 is 23.2 Å². The molecule has 0 unspecified atom stereocenters. The molecular formula is C15H18Cl2N2O2. The predicted octanol–water partition coefficient (Wildman–Crippen LogP) is 2.43. The summed E-state index contributed by atoms with van der Waals surface area (Å²) in [6.07, 6.45) is 0.375. The van der Waals surface area contributed by atoms with Crippen LogP contribution in [0.4, 0.5) is 0 Å². The van der Waals surface area contributed by atoms with Crippen LogP contribution in [-0.2, 0) is 16.0 Å². The Balaban J connectivity index is 1.84. The quantitative estimate of drug-likeness (QED) is 0.860. The summed E-state index contributed by atoms with van der Waals surface area (Å²) in [5.74, 6) is 0.0337. The predicted molar refractivity (Wildman–Crippen MR) is 82.9 cm³/mol. The van der Waals surface area contributed by atoms with Crippen LogP contribution in [0.5, 0.6) is 0 Å². The van der Waals surface area contributed by atoms with Crippen molar-refractivity contribution < 1.29 is 9.53 Å². The van der Waals surface area contributed by atoms with Crippen LogP contribution < -0.4 is 5.32 Å². The van der Waals surface area contributed by atoms with Gasteiger partial charge in [0.2, 0.25) is 0 Å². The van der Waals surface area contributed by atoms with Gasteiger partial charge in [0.15, 0.2) is 0 Å². The number of hydrogen-bond acceptors (Lipinski definition) is 3. The summed E-state index contributed by atoms with van der Waals surface area (Å²) in [5.41, 5.74) is 2.14. The Morgan fingerprint density at radius 1 is 1.43 bits per heavy atom. The van der Waals surface area contributed by atoms with Crippen molar-refractivity contribution in [3.05, 3.63) is 33.3 Å². The number of carbonyl (C=O) groups is 1. The lowest BCUT2D eigenvalue weighted by Gasteiger charge is -2.38. The lowest BCUT2D eigenvalue weighted by molar-refractivity contribution is -0.147. The van der Waals surface area contributed by atoms with Gasteiger partial charge in [0.25, 0.3) is 5.91 Å². The SMILES string of the molecule is C[C@H]1c2c(Cl)cc(Cl)cc2CCN1C(=O)[C@H]1CNCCO1. The molecule has 1 fully saturated rings. The zero-order chi connectivity index (χ0) is 15.0. The van der Waals surface area contributed by atoms with E-state index in [1.54, 1.807) is 6.07 Å². The Morgan fingerprint density at radius 3 is 2.95 bits per heavy atom. The van der Waals surface area contributed by atoms with Gasteiger partial charge in [-0.25, -0.2) is 0 Å². The van der Waals surface area contributed by atoms with Gasteiger partial charge in [-0.05, 0) is 36.6 Å². The van der Waals surface area contributed by atoms with E-state index in [0.717, 1.165) is 24.1 Å². The van der Waals surface area contributed by atoms with E-state index in [9.17, 15) is 4.79 Å². The summed E-state index contributed by atoms with van der Waals surface area (Å²) in [4.78, 5) is 14.5. The number of carbonyl (C=O) groups excluding carboxylic acids is 1. The highest BCUT2D eigenvalue weighted by Gasteiger charge is 2.34. The summed E-state index contributed by atoms with van der Waals surface area (Å²) in [7, 11) is 0. The lowest BCUT2D eigenvalue weighted by atomic mass is 9.93. The summed E-state index contributed by atoms with van der Waals surface area (Å²) in [5, 5.41) is 4.47. The number of fused-ring (bicyclic) bond motifs is 1. The molecule has 0 aliphatic carbocycles. The van der Waals surface area contributed by atoms with Crippen molar-refractivity contribution in [2.75, 3.05) is 26.2 Å². The van der Waals surface area contributed by atoms with Crippen molar-refractivity contribution in [3.63, 3.8) is 0 Å². The molecule has 6 heteroatoms. The molecule has 2 atom stereocenters. The smallest absolute Gasteiger partial charge is 0.253 e. The van der Waals surface area contributed by atoms with Gasteiger partial charge in [0, 0.05) is 29.7 Å². The highest BCUT2D eigenvalue weighted by atomic mass is 35.5. The second-order valence-corrected chi connectivity index (χ2v) is 6.33. The van der Waals surface area contributed by atoms with E-state index in [4.69, 9.17) is 27.9 Å². The zero-order valence-corrected chi connectivity index (χ0v) is 13.4. The largest absolute Gasteiger partial charge is 0.366 e. The van der Waals surface area contributed by atoms with Crippen molar-refractivity contribution >= 4 is 29.1 Å². The summed E-state index contributed by atoms with van der Waals surface area (Å²) < 4.78 is 5.57. The third kappa shape index (κ3) is 2.90. The fraction of sp³-hybridized carbons (Fsp3) is 0.533. The van der Waals surface area contributed by atoms with Crippen LogP contribution in [0, 0.1) is 0 Å². The van der Waals surface area contributed by atoms with Gasteiger partial charge in [0.1, 0.15) is 6.10 Å². The van der Waals surface area contributed by atoms with Crippen molar-refractivity contribution in [1.82, 2.24) is 10.2 Å². The fourth-order valence-corrected chi connectivity index (χ4v) is 3.81. The molecule has 4 nitrogen and oxygen atoms in total. The third-order valence-electron chi connectivity index (χ3n) is 4.17. The fourth-order valence-electron chi connectivity index (χ4n) is 3.11. The first-order valence-electron chi connectivity index (χ1n) is 7.18. The van der Waals surface area contributed by atoms with Gasteiger partial charge in [-0.2, -0.15) is 0 Å². The molecule has 3 rings (SSSR count). The van der Waals surface area contributed by atoms with Gasteiger partial charge >= 0.3 is 0 Å². The van der Waals surface area contributed by atoms with E-state index in [0.29, 0.717) is 29.7 Å². The molecule has 1 saturated heterocycles. The second-order valence-electron chi connectivity index (χ2n) is 5.48. The van der Waals surface area contributed by atoms with Gasteiger partial charge < -0.3 is 15.0 Å². The molecule has 21 heavy (non-hydrogen) atoms. The molecule has 1 aromatic carbocycles. The Bertz CT molecular complexity index is 559. The lowest BCUT2D eigenvalue weighted by Crippen LogP contribution is -2.51. The van der Waals surface area contributed by atoms with Crippen LogP contribution in [0.2, 0.25) is 10.0 Å². The standard InChI is InChI=1S/C15H18Cl2N2O2/c1-9-14-10(6-11(16)7-12(14)17)2-4-19(9)15(20)13-8-18-3-5-21-13/h6-7,9,13,18H,2-5,8H2,1H3/t9-,13+/m0/s1. The first-order chi connectivity index (χ1) is 10.1. The number of nitrogens with zero attached hydrogens (tertiary/aromatic N) is 1. The number of halogens is 2. The minimum atomic E-state index is -0.395. The van der Waals surface area contributed by atoms with Crippen LogP contribution in [0.1, 0.15) is 24.1 Å². The Kier molecular flexibility index (Phi) is 4.41. The number of rotatable bonds is 1. The minimum Gasteiger partial charge on any atom is -0.366 e. The molecule has 1 amide bonds. The molecule has 0 spiro atoms. The number of nitrogens with one attached hydrogen (secondary N) is 1. The van der Waals surface area contributed by atoms with Crippen LogP contribution in [0.15, 0.2) is 12.1 Å². The molecular weight excluding hydrogens is 311 g/mol. The molecule has 2 heterocycles. The molecule has 0 aromatic heterocycles. The molecule has 1 aromatic rings. The van der Waals surface area contributed by atoms with Crippen molar-refractivity contribution in [2.24, 2.45) is 0 Å². The summed E-state index contributed by atoms with van der Waals surface area (Å²) in [6, 6.07) is 3.63. The van der Waals surface area contributed by atoms with E-state index in [1.807, 2.05) is 17.9 Å². The monoisotopic (exact) mass is 328 g/mol. The number of amides is 1. The van der Waals surface area contributed by atoms with E-state index in [-0.39, 0.29) is 11.9 Å². The average Bonchev–Trinajstić information content (AvgIpc) is 2.47. The normalized spacial score (nSPS) is 25.6. The number of morpholine rings is 1. The maximum Gasteiger partial charge on any atom is 0.253 e. The van der Waals surface area contributed by atoms with Crippen LogP contribution in [-0.4, -0.2) is 43.2 Å². The van der Waals surface area contributed by atoms with Crippen LogP contribution in [0.3, 0.4) is 0 Å². The average molecular weight is 329 g/mol. The van der Waals surface area contributed by atoms with E-state index in [1.165, 1.54) is 0 Å². The van der Waals surface area contributed by atoms with Crippen LogP contribution in [0.25, 0.3) is 0 Å². The Labute approximate surface area is 134 Å². The van der Waals surface area contributed by atoms with Gasteiger partial charge in [-0.1, -0.05) is 23.2 Å². The Hall–Kier alpha value is -0.810. The highest BCUT2D eigenvalue weighted by molar-refractivity contribution is 6.35. The van der Waals surface area contributed by atoms with Crippen molar-refractivity contribution in [1.29, 1.82) is 0 Å². The molecule has 1 N–H and O–H groups in total. The number of benzene rings is 1. The maximum atomic E-state index is 12.6. The first kappa shape index (κ1) is 15.1. The highest BCUT2D eigenvalue weighted by Crippen LogP contribution is 2.37. The molecule has 0 radical (unpaired) electrons. The molecule has 2 aliphatic rings. The van der Waals surface area contributed by atoms with Gasteiger partial charge in [-0.15, -0.1) is 0 Å². The molecule has 0 bridgehead atoms. The summed E-state index contributed by atoms with van der Waals surface area (Å²) >= 11 is 12.4. The maximum absolute atomic E-state index is 12.6. The third-order valence-corrected chi connectivity index (χ3v) is 4.70. The zero-order valence-electron chi connectivity index (χ0n) is 11.9. The topological polar surface area (TPSA) is 41.6 Å². The number of hydrogen-bond donors (Lipinski definition) is 1. The number of ether oxygens (including phenoxy) is 1. The Morgan fingerprint density at radius 2 is 2.24 bits per heavy atom. The molecule has 2 aliphatic heterocycles. The van der Waals surface area contributed by atoms with Gasteiger partial charge in [0.05, 0.1) is 12.6 Å². The second kappa shape index (κ2) is 6.13. The van der Waals surface area contributed by atoms with Crippen molar-refractivity contribution in [2.45, 2.75) is 25.5 Å². The van der Waals surface area contributed by atoms with Gasteiger partial charge in [-0.3, -0.25) is 4.79 Å².